The maximum Gasteiger partial charge on any atom is 0.443 e. The molecule has 0 aliphatic heterocycles. The number of methoxy groups -OCH3 is 1. The molecule has 0 N–H and O–H groups in total. The zero-order valence-corrected chi connectivity index (χ0v) is 10.8. The lowest BCUT2D eigenvalue weighted by atomic mass is 10.1. The minimum atomic E-state index is -4.55. The van der Waals surface area contributed by atoms with E-state index in [0.29, 0.717) is 11.3 Å². The van der Waals surface area contributed by atoms with Gasteiger partial charge in [-0.2, -0.15) is 13.2 Å². The van der Waals surface area contributed by atoms with Gasteiger partial charge in [-0.25, -0.2) is 14.2 Å². The number of alkyl halides is 3. The summed E-state index contributed by atoms with van der Waals surface area (Å²) in [4.78, 5) is 14.7. The average molecular weight is 305 g/mol. The maximum absolute atomic E-state index is 13.4. The molecular weight excluding hydrogens is 298 g/mol. The van der Waals surface area contributed by atoms with E-state index in [1.165, 1.54) is 6.07 Å². The molecule has 2 rings (SSSR count). The summed E-state index contributed by atoms with van der Waals surface area (Å²) in [6.07, 6.45) is -3.56. The van der Waals surface area contributed by atoms with Crippen molar-refractivity contribution < 1.29 is 27.1 Å². The number of carbonyl (C=O) groups is 1. The van der Waals surface area contributed by atoms with E-state index in [4.69, 9.17) is 0 Å². The number of nitrogens with zero attached hydrogens (tertiary/aromatic N) is 1. The van der Waals surface area contributed by atoms with Gasteiger partial charge in [-0.15, -0.1) is 11.3 Å². The van der Waals surface area contributed by atoms with E-state index in [1.54, 1.807) is 0 Å². The number of hydrogen-bond donors (Lipinski definition) is 0. The highest BCUT2D eigenvalue weighted by atomic mass is 32.1. The molecule has 1 aromatic carbocycles. The monoisotopic (exact) mass is 305 g/mol. The van der Waals surface area contributed by atoms with Crippen molar-refractivity contribution in [2.45, 2.75) is 6.18 Å². The van der Waals surface area contributed by atoms with Crippen molar-refractivity contribution in [3.63, 3.8) is 0 Å². The lowest BCUT2D eigenvalue weighted by Gasteiger charge is -2.03. The molecule has 2 aromatic rings. The molecule has 0 radical (unpaired) electrons. The molecular formula is C12H7F4NO2S. The standard InChI is InChI=1S/C12H7F4NO2S/c1-19-10(18)7-2-6(3-8(13)4-7)9-5-17-11(20-9)12(14,15)16/h2-5H,1H3. The number of carbonyl (C=O) groups excluding carboxylic acids is 1. The Morgan fingerprint density at radius 3 is 2.55 bits per heavy atom. The molecule has 1 heterocycles. The fourth-order valence-electron chi connectivity index (χ4n) is 1.51. The van der Waals surface area contributed by atoms with Gasteiger partial charge in [0.25, 0.3) is 0 Å². The highest BCUT2D eigenvalue weighted by Crippen LogP contribution is 2.36. The van der Waals surface area contributed by atoms with Crippen LogP contribution in [0.3, 0.4) is 0 Å². The van der Waals surface area contributed by atoms with E-state index >= 15 is 0 Å². The summed E-state index contributed by atoms with van der Waals surface area (Å²) >= 11 is 0.375. The molecule has 1 aromatic heterocycles. The molecule has 0 saturated carbocycles. The fraction of sp³-hybridized carbons (Fsp3) is 0.167. The van der Waals surface area contributed by atoms with Crippen molar-refractivity contribution >= 4 is 17.3 Å². The van der Waals surface area contributed by atoms with Crippen LogP contribution >= 0.6 is 11.3 Å². The largest absolute Gasteiger partial charge is 0.465 e. The Balaban J connectivity index is 2.45. The zero-order valence-electron chi connectivity index (χ0n) is 9.99. The van der Waals surface area contributed by atoms with Crippen LogP contribution in [0, 0.1) is 5.82 Å². The first-order chi connectivity index (χ1) is 9.31. The molecule has 0 unspecified atom stereocenters. The average Bonchev–Trinajstić information content (AvgIpc) is 2.86. The summed E-state index contributed by atoms with van der Waals surface area (Å²) < 4.78 is 55.2. The SMILES string of the molecule is COC(=O)c1cc(F)cc(-c2cnc(C(F)(F)F)s2)c1. The molecule has 0 saturated heterocycles. The first-order valence-electron chi connectivity index (χ1n) is 5.23. The van der Waals surface area contributed by atoms with Crippen LogP contribution in [0.4, 0.5) is 17.6 Å². The molecule has 0 fully saturated rings. The second-order valence-corrected chi connectivity index (χ2v) is 4.78. The van der Waals surface area contributed by atoms with Crippen molar-refractivity contribution in [2.24, 2.45) is 0 Å². The minimum absolute atomic E-state index is 0.0792. The molecule has 0 aliphatic rings. The summed E-state index contributed by atoms with van der Waals surface area (Å²) in [7, 11) is 1.13. The number of thiazole rings is 1. The molecule has 0 aliphatic carbocycles. The van der Waals surface area contributed by atoms with E-state index in [1.807, 2.05) is 0 Å². The number of ether oxygens (including phenoxy) is 1. The Morgan fingerprint density at radius 1 is 1.30 bits per heavy atom. The molecule has 8 heteroatoms. The van der Waals surface area contributed by atoms with Crippen molar-refractivity contribution in [3.05, 3.63) is 40.8 Å². The third-order valence-corrected chi connectivity index (χ3v) is 3.44. The van der Waals surface area contributed by atoms with E-state index < -0.39 is 23.0 Å². The molecule has 0 atom stereocenters. The second kappa shape index (κ2) is 5.20. The van der Waals surface area contributed by atoms with Gasteiger partial charge in [0.15, 0.2) is 5.01 Å². The van der Waals surface area contributed by atoms with Crippen LogP contribution in [-0.4, -0.2) is 18.1 Å². The summed E-state index contributed by atoms with van der Waals surface area (Å²) in [5, 5.41) is -1.03. The summed E-state index contributed by atoms with van der Waals surface area (Å²) in [6.45, 7) is 0. The van der Waals surface area contributed by atoms with Crippen LogP contribution in [0.1, 0.15) is 15.4 Å². The molecule has 3 nitrogen and oxygen atoms in total. The van der Waals surface area contributed by atoms with Crippen molar-refractivity contribution in [1.82, 2.24) is 4.98 Å². The highest BCUT2D eigenvalue weighted by Gasteiger charge is 2.34. The van der Waals surface area contributed by atoms with Crippen molar-refractivity contribution in [2.75, 3.05) is 7.11 Å². The molecule has 0 spiro atoms. The van der Waals surface area contributed by atoms with Crippen LogP contribution < -0.4 is 0 Å². The Hall–Kier alpha value is -1.96. The van der Waals surface area contributed by atoms with Crippen LogP contribution in [0.2, 0.25) is 0 Å². The minimum Gasteiger partial charge on any atom is -0.465 e. The number of esters is 1. The smallest absolute Gasteiger partial charge is 0.443 e. The van der Waals surface area contributed by atoms with Gasteiger partial charge in [0.1, 0.15) is 5.82 Å². The number of halogens is 4. The van der Waals surface area contributed by atoms with Crippen molar-refractivity contribution in [3.8, 4) is 10.4 Å². The third-order valence-electron chi connectivity index (χ3n) is 2.35. The van der Waals surface area contributed by atoms with Crippen LogP contribution in [0.25, 0.3) is 10.4 Å². The second-order valence-electron chi connectivity index (χ2n) is 3.75. The van der Waals surface area contributed by atoms with E-state index in [9.17, 15) is 22.4 Å². The van der Waals surface area contributed by atoms with Gasteiger partial charge in [-0.1, -0.05) is 0 Å². The van der Waals surface area contributed by atoms with Crippen LogP contribution in [-0.2, 0) is 10.9 Å². The number of aromatic nitrogens is 1. The predicted octanol–water partition coefficient (Wildman–Crippen LogP) is 3.75. The number of benzene rings is 1. The summed E-state index contributed by atoms with van der Waals surface area (Å²) in [6, 6.07) is 3.23. The van der Waals surface area contributed by atoms with Gasteiger partial charge >= 0.3 is 12.1 Å². The fourth-order valence-corrected chi connectivity index (χ4v) is 2.28. The van der Waals surface area contributed by atoms with Gasteiger partial charge in [-0.3, -0.25) is 0 Å². The Morgan fingerprint density at radius 2 is 2.00 bits per heavy atom. The number of hydrogen-bond acceptors (Lipinski definition) is 4. The first kappa shape index (κ1) is 14.4. The normalized spacial score (nSPS) is 11.4. The van der Waals surface area contributed by atoms with Gasteiger partial charge in [0.2, 0.25) is 0 Å². The Bertz CT molecular complexity index is 651. The van der Waals surface area contributed by atoms with Gasteiger partial charge in [0, 0.05) is 6.20 Å². The highest BCUT2D eigenvalue weighted by molar-refractivity contribution is 7.15. The lowest BCUT2D eigenvalue weighted by molar-refractivity contribution is -0.137. The molecule has 0 bridgehead atoms. The van der Waals surface area contributed by atoms with Gasteiger partial charge in [-0.05, 0) is 23.8 Å². The van der Waals surface area contributed by atoms with Gasteiger partial charge in [0.05, 0.1) is 17.6 Å². The lowest BCUT2D eigenvalue weighted by Crippen LogP contribution is -2.02. The third kappa shape index (κ3) is 2.96. The molecule has 20 heavy (non-hydrogen) atoms. The maximum atomic E-state index is 13.4. The van der Waals surface area contributed by atoms with E-state index in [2.05, 4.69) is 9.72 Å². The first-order valence-corrected chi connectivity index (χ1v) is 6.05. The van der Waals surface area contributed by atoms with Crippen LogP contribution in [0.15, 0.2) is 24.4 Å². The predicted molar refractivity (Wildman–Crippen MR) is 63.8 cm³/mol. The molecule has 106 valence electrons. The molecule has 0 amide bonds. The Labute approximate surface area is 114 Å². The van der Waals surface area contributed by atoms with Crippen LogP contribution in [0.5, 0.6) is 0 Å². The zero-order chi connectivity index (χ0) is 14.9. The van der Waals surface area contributed by atoms with E-state index in [0.717, 1.165) is 25.4 Å². The van der Waals surface area contributed by atoms with E-state index in [-0.39, 0.29) is 16.0 Å². The summed E-state index contributed by atoms with van der Waals surface area (Å²) in [5.74, 6) is -1.52. The number of rotatable bonds is 2. The van der Waals surface area contributed by atoms with Crippen molar-refractivity contribution in [1.29, 1.82) is 0 Å². The quantitative estimate of drug-likeness (QED) is 0.626. The summed E-state index contributed by atoms with van der Waals surface area (Å²) in [5.41, 5.74) is 0.0582. The Kier molecular flexibility index (Phi) is 3.76. The topological polar surface area (TPSA) is 39.2 Å². The van der Waals surface area contributed by atoms with Gasteiger partial charge < -0.3 is 4.74 Å².